The topological polar surface area (TPSA) is 98.2 Å². The molecule has 0 radical (unpaired) electrons. The minimum atomic E-state index is -0.482. The molecule has 0 fully saturated rings. The second-order valence-electron chi connectivity index (χ2n) is 8.25. The summed E-state index contributed by atoms with van der Waals surface area (Å²) in [4.78, 5) is 24.8. The van der Waals surface area contributed by atoms with Crippen LogP contribution in [0.25, 0.3) is 28.1 Å². The van der Waals surface area contributed by atoms with Crippen molar-refractivity contribution in [2.45, 2.75) is 19.9 Å². The molecular formula is C26H21FN6O2. The van der Waals surface area contributed by atoms with E-state index in [-0.39, 0.29) is 23.4 Å². The van der Waals surface area contributed by atoms with Gasteiger partial charge in [-0.2, -0.15) is 0 Å². The van der Waals surface area contributed by atoms with Crippen molar-refractivity contribution in [1.82, 2.24) is 14.5 Å². The van der Waals surface area contributed by atoms with Crippen LogP contribution in [0.3, 0.4) is 0 Å². The van der Waals surface area contributed by atoms with E-state index in [0.29, 0.717) is 16.7 Å². The van der Waals surface area contributed by atoms with Crippen molar-refractivity contribution >= 4 is 28.2 Å². The van der Waals surface area contributed by atoms with E-state index >= 15 is 0 Å². The molecule has 1 aliphatic carbocycles. The molecule has 0 unspecified atom stereocenters. The Bertz CT molecular complexity index is 1590. The highest BCUT2D eigenvalue weighted by Crippen LogP contribution is 2.31. The number of halogens is 1. The van der Waals surface area contributed by atoms with Gasteiger partial charge in [0.05, 0.1) is 38.4 Å². The van der Waals surface area contributed by atoms with Crippen molar-refractivity contribution in [2.24, 2.45) is 4.99 Å². The largest absolute Gasteiger partial charge is 0.333 e. The highest BCUT2D eigenvalue weighted by molar-refractivity contribution is 5.84. The molecule has 1 aliphatic heterocycles. The molecule has 174 valence electrons. The zero-order valence-electron chi connectivity index (χ0n) is 19.0. The summed E-state index contributed by atoms with van der Waals surface area (Å²) in [5.41, 5.74) is 4.16. The van der Waals surface area contributed by atoms with Gasteiger partial charge in [0.15, 0.2) is 0 Å². The molecule has 3 aromatic rings. The van der Waals surface area contributed by atoms with Crippen LogP contribution in [0.5, 0.6) is 0 Å². The van der Waals surface area contributed by atoms with E-state index in [2.05, 4.69) is 10.3 Å². The van der Waals surface area contributed by atoms with Gasteiger partial charge >= 0.3 is 5.69 Å². The Balaban J connectivity index is 1.81. The number of hydrogen-bond acceptors (Lipinski definition) is 6. The van der Waals surface area contributed by atoms with Crippen molar-refractivity contribution in [3.8, 4) is 17.1 Å². The van der Waals surface area contributed by atoms with E-state index in [1.165, 1.54) is 30.5 Å². The number of nitrogens with zero attached hydrogens (tertiary/aromatic N) is 5. The number of aromatic nitrogens is 3. The van der Waals surface area contributed by atoms with Crippen LogP contribution in [0.15, 0.2) is 84.0 Å². The highest BCUT2D eigenvalue weighted by atomic mass is 19.1. The molecule has 0 atom stereocenters. The molecule has 0 saturated carbocycles. The predicted octanol–water partition coefficient (Wildman–Crippen LogP) is 5.63. The first kappa shape index (κ1) is 22.1. The quantitative estimate of drug-likeness (QED) is 0.205. The van der Waals surface area contributed by atoms with Gasteiger partial charge < -0.3 is 9.88 Å². The molecule has 0 spiro atoms. The third kappa shape index (κ3) is 4.31. The first-order valence-corrected chi connectivity index (χ1v) is 11.0. The van der Waals surface area contributed by atoms with E-state index in [1.807, 2.05) is 48.7 Å². The highest BCUT2D eigenvalue weighted by Gasteiger charge is 2.19. The zero-order valence-corrected chi connectivity index (χ0v) is 19.0. The monoisotopic (exact) mass is 468 g/mol. The molecule has 1 aromatic heterocycles. The van der Waals surface area contributed by atoms with Gasteiger partial charge in [0.2, 0.25) is 5.82 Å². The van der Waals surface area contributed by atoms with Crippen molar-refractivity contribution in [3.63, 3.8) is 0 Å². The van der Waals surface area contributed by atoms with Crippen LogP contribution in [-0.2, 0) is 0 Å². The molecule has 1 N–H and O–H groups in total. The van der Waals surface area contributed by atoms with Gasteiger partial charge in [0.1, 0.15) is 5.82 Å². The fraction of sp³-hybridized carbons (Fsp3) is 0.115. The molecule has 0 saturated heterocycles. The molecule has 2 heterocycles. The summed E-state index contributed by atoms with van der Waals surface area (Å²) >= 11 is 0. The van der Waals surface area contributed by atoms with E-state index < -0.39 is 4.92 Å². The summed E-state index contributed by atoms with van der Waals surface area (Å²) in [7, 11) is 0. The summed E-state index contributed by atoms with van der Waals surface area (Å²) in [5.74, 6) is -0.208. The molecule has 5 rings (SSSR count). The van der Waals surface area contributed by atoms with Crippen LogP contribution in [0.1, 0.15) is 13.8 Å². The van der Waals surface area contributed by atoms with E-state index in [4.69, 9.17) is 9.98 Å². The molecular weight excluding hydrogens is 447 g/mol. The predicted molar refractivity (Wildman–Crippen MR) is 133 cm³/mol. The number of pyridine rings is 1. The number of benzene rings is 3. The molecule has 2 aromatic carbocycles. The van der Waals surface area contributed by atoms with Gasteiger partial charge in [-0.15, -0.1) is 0 Å². The second kappa shape index (κ2) is 8.94. The molecule has 0 amide bonds. The van der Waals surface area contributed by atoms with Crippen molar-refractivity contribution in [2.75, 3.05) is 5.32 Å². The Morgan fingerprint density at radius 3 is 2.57 bits per heavy atom. The van der Waals surface area contributed by atoms with E-state index in [9.17, 15) is 14.5 Å². The SMILES string of the molecule is CC(C)/N=c1\cc2n(-c3ccc(F)cc3)c3ccccc3nc-2cc1Nc1ncccc1[N+](=O)[O-]. The van der Waals surface area contributed by atoms with E-state index in [0.717, 1.165) is 22.4 Å². The molecule has 9 heteroatoms. The first-order chi connectivity index (χ1) is 16.9. The number of fused-ring (bicyclic) bond motifs is 2. The molecule has 8 nitrogen and oxygen atoms in total. The fourth-order valence-corrected chi connectivity index (χ4v) is 3.96. The Kier molecular flexibility index (Phi) is 5.66. The minimum Gasteiger partial charge on any atom is -0.333 e. The standard InChI is InChI=1S/C26H21FN6O2/c1-16(2)29-21-15-25-22(14-20(21)31-26-24(33(34)35)8-5-13-28-26)30-19-6-3-4-7-23(19)32(25)18-11-9-17(27)10-12-18/h3-16H,1-2H3,(H,28,31)/b29-21+. The van der Waals surface area contributed by atoms with Crippen LogP contribution >= 0.6 is 0 Å². The van der Waals surface area contributed by atoms with Gasteiger partial charge in [-0.25, -0.2) is 14.4 Å². The number of rotatable bonds is 5. The average Bonchev–Trinajstić information content (AvgIpc) is 2.84. The number of para-hydroxylation sites is 2. The Morgan fingerprint density at radius 1 is 1.06 bits per heavy atom. The van der Waals surface area contributed by atoms with Gasteiger partial charge in [0.25, 0.3) is 0 Å². The van der Waals surface area contributed by atoms with Crippen LogP contribution in [0.2, 0.25) is 0 Å². The lowest BCUT2D eigenvalue weighted by Crippen LogP contribution is -2.17. The summed E-state index contributed by atoms with van der Waals surface area (Å²) in [6.45, 7) is 3.90. The molecule has 35 heavy (non-hydrogen) atoms. The van der Waals surface area contributed by atoms with Crippen LogP contribution < -0.4 is 10.7 Å². The molecule has 2 aliphatic rings. The van der Waals surface area contributed by atoms with Crippen LogP contribution in [-0.4, -0.2) is 25.5 Å². The van der Waals surface area contributed by atoms with Crippen LogP contribution in [0, 0.1) is 15.9 Å². The number of nitrogens with one attached hydrogen (secondary N) is 1. The summed E-state index contributed by atoms with van der Waals surface area (Å²) in [6.07, 6.45) is 1.49. The Labute approximate surface area is 199 Å². The summed E-state index contributed by atoms with van der Waals surface area (Å²) in [5, 5.41) is 15.2. The maximum absolute atomic E-state index is 13.7. The minimum absolute atomic E-state index is 0.0422. The lowest BCUT2D eigenvalue weighted by Gasteiger charge is -2.20. The van der Waals surface area contributed by atoms with Gasteiger partial charge in [0, 0.05) is 24.0 Å². The normalized spacial score (nSPS) is 11.9. The number of anilines is 2. The average molecular weight is 468 g/mol. The smallest absolute Gasteiger partial charge is 0.311 e. The van der Waals surface area contributed by atoms with Gasteiger partial charge in [-0.3, -0.25) is 15.1 Å². The fourth-order valence-electron chi connectivity index (χ4n) is 3.96. The second-order valence-corrected chi connectivity index (χ2v) is 8.25. The Morgan fingerprint density at radius 2 is 1.83 bits per heavy atom. The maximum atomic E-state index is 13.7. The lowest BCUT2D eigenvalue weighted by molar-refractivity contribution is -0.384. The van der Waals surface area contributed by atoms with Crippen LogP contribution in [0.4, 0.5) is 21.6 Å². The number of nitro groups is 1. The molecule has 0 bridgehead atoms. The van der Waals surface area contributed by atoms with Gasteiger partial charge in [-0.05, 0) is 68.4 Å². The first-order valence-electron chi connectivity index (χ1n) is 11.0. The lowest BCUT2D eigenvalue weighted by atomic mass is 10.1. The van der Waals surface area contributed by atoms with Crippen molar-refractivity contribution in [3.05, 3.63) is 100 Å². The van der Waals surface area contributed by atoms with Gasteiger partial charge in [-0.1, -0.05) is 12.1 Å². The maximum Gasteiger partial charge on any atom is 0.311 e. The third-order valence-corrected chi connectivity index (χ3v) is 5.42. The number of hydrogen-bond donors (Lipinski definition) is 1. The third-order valence-electron chi connectivity index (χ3n) is 5.42. The van der Waals surface area contributed by atoms with E-state index in [1.54, 1.807) is 18.2 Å². The summed E-state index contributed by atoms with van der Waals surface area (Å²) < 4.78 is 15.7. The van der Waals surface area contributed by atoms with Crippen molar-refractivity contribution in [1.29, 1.82) is 0 Å². The zero-order chi connectivity index (χ0) is 24.5. The summed E-state index contributed by atoms with van der Waals surface area (Å²) in [6, 6.07) is 20.5. The van der Waals surface area contributed by atoms with Crippen molar-refractivity contribution < 1.29 is 9.31 Å². The Hall–Kier alpha value is -4.66.